The maximum atomic E-state index is 13.2. The lowest BCUT2D eigenvalue weighted by Gasteiger charge is -2.29. The topological polar surface area (TPSA) is 402 Å². The number of nitriles is 4. The Kier molecular flexibility index (Phi) is 34.5. The molecular formula is C74H77Cl6N17O8S4. The van der Waals surface area contributed by atoms with Crippen LogP contribution in [0.15, 0.2) is 130 Å². The minimum atomic E-state index is -1.61. The summed E-state index contributed by atoms with van der Waals surface area (Å²) in [5, 5.41) is 71.9. The molecule has 0 bridgehead atoms. The number of benzene rings is 4. The monoisotopic (exact) mass is 1670 g/mol. The number of hydrogen-bond acceptors (Lipinski definition) is 24. The van der Waals surface area contributed by atoms with Crippen LogP contribution < -0.4 is 41.8 Å². The number of carboxylic acid groups (broad SMARTS) is 2. The highest BCUT2D eigenvalue weighted by atomic mass is 35.5. The Morgan fingerprint density at radius 3 is 1.47 bits per heavy atom. The van der Waals surface area contributed by atoms with E-state index in [1.54, 1.807) is 54.7 Å². The van der Waals surface area contributed by atoms with E-state index in [-0.39, 0.29) is 95.2 Å². The van der Waals surface area contributed by atoms with Gasteiger partial charge in [-0.05, 0) is 112 Å². The van der Waals surface area contributed by atoms with Crippen molar-refractivity contribution >= 4 is 154 Å². The molecule has 0 aliphatic carbocycles. The number of halogens is 6. The van der Waals surface area contributed by atoms with E-state index in [1.165, 1.54) is 71.3 Å². The van der Waals surface area contributed by atoms with Gasteiger partial charge in [0.2, 0.25) is 11.8 Å². The van der Waals surface area contributed by atoms with Crippen LogP contribution in [-0.2, 0) is 37.1 Å². The number of thioether (sulfide) groups is 2. The van der Waals surface area contributed by atoms with E-state index in [4.69, 9.17) is 69.8 Å². The number of nitrogens with two attached hydrogens (primary N) is 3. The number of aliphatic carboxylic acids is 2. The summed E-state index contributed by atoms with van der Waals surface area (Å²) < 4.78 is 11.8. The Balaban J connectivity index is 0.000000329. The third-order valence-corrected chi connectivity index (χ3v) is 21.8. The van der Waals surface area contributed by atoms with Crippen LogP contribution in [0.1, 0.15) is 91.7 Å². The highest BCUT2D eigenvalue weighted by Crippen LogP contribution is 2.43. The molecule has 0 unspecified atom stereocenters. The van der Waals surface area contributed by atoms with Crippen molar-refractivity contribution < 1.29 is 38.9 Å². The highest BCUT2D eigenvalue weighted by molar-refractivity contribution is 7.98. The summed E-state index contributed by atoms with van der Waals surface area (Å²) in [6.45, 7) is 6.00. The molecule has 7 heterocycles. The molecule has 0 radical (unpaired) electrons. The fourth-order valence-corrected chi connectivity index (χ4v) is 15.5. The number of hydrogen-bond donors (Lipinski definition) is 7. The fraction of sp³-hybridized carbons (Fsp3) is 0.311. The summed E-state index contributed by atoms with van der Waals surface area (Å²) >= 11 is 18.0. The lowest BCUT2D eigenvalue weighted by atomic mass is 9.96. The van der Waals surface area contributed by atoms with Gasteiger partial charge in [0.25, 0.3) is 0 Å². The standard InChI is InChI=1S/C38H36ClN9O4S2.C36H37ClN8O4S2.4ClH/c1-23(38(50)51)48(37(49)32(42)16-27-19-43-22-44-27)14-15-52-29-10-6-24(7-11-29)33-30(17-40)34(47-12-2-3-13-47)46-36(31(33)18-41)54-21-28-20-53-35(45-28)25-4-8-26(39)9-5-25;1-36(35(47)48,44-32(46)29(41)12-14-38)13-17-49-26-10-6-22(7-11-26)30-27(18-39)31(45-15-2-3-16-45)43-34(28(30)19-40)51-21-25-20-50-33(42-25)23-4-8-24(37)9-5-23;;;;/h4-11,19-20,22-23,32H,2-3,12-16,21,42H2,1H3,(H,43,44)(H,50,51);4-11,20,29H,2-3,12-17,21,38,41H2,1H3,(H,44,46)(H,47,48);4*1H/t23-,32-;29-,36+;;;;/m00..../s1. The van der Waals surface area contributed by atoms with Gasteiger partial charge in [0, 0.05) is 99.8 Å². The SMILES string of the molecule is C[C@@H](C(=O)O)N(CCOc1ccc(-c2c(C#N)c(SCc3csc(-c4ccc(Cl)cc4)n3)nc(N3CCCC3)c2C#N)cc1)C(=O)[C@@H](N)Cc1c[nH]cn1.C[C@](CCOc1ccc(-c2c(C#N)c(SCc3csc(-c4ccc(Cl)cc4)n3)nc(N3CCCC3)c2C#N)cc1)(NC(=O)[C@@H](N)CCN)C(=O)O.Cl.Cl.Cl.Cl. The Labute approximate surface area is 681 Å². The number of carbonyl (C=O) groups excluding carboxylic acids is 2. The minimum Gasteiger partial charge on any atom is -0.493 e. The number of carboxylic acids is 2. The largest absolute Gasteiger partial charge is 0.493 e. The predicted molar refractivity (Wildman–Crippen MR) is 435 cm³/mol. The molecule has 2 fully saturated rings. The molecule has 2 amide bonds. The summed E-state index contributed by atoms with van der Waals surface area (Å²) in [6, 6.07) is 35.2. The third-order valence-electron chi connectivity index (χ3n) is 17.4. The predicted octanol–water partition coefficient (Wildman–Crippen LogP) is 13.4. The van der Waals surface area contributed by atoms with Crippen molar-refractivity contribution in [1.82, 2.24) is 40.1 Å². The number of nitrogens with one attached hydrogen (secondary N) is 2. The number of imidazole rings is 1. The number of H-pyrrole nitrogens is 1. The van der Waals surface area contributed by atoms with E-state index in [2.05, 4.69) is 49.4 Å². The van der Waals surface area contributed by atoms with E-state index in [1.807, 2.05) is 59.3 Å². The number of amides is 2. The van der Waals surface area contributed by atoms with Gasteiger partial charge >= 0.3 is 11.9 Å². The summed E-state index contributed by atoms with van der Waals surface area (Å²) in [5.74, 6) is -0.588. The zero-order valence-corrected chi connectivity index (χ0v) is 66.8. The Morgan fingerprint density at radius 2 is 1.07 bits per heavy atom. The molecule has 109 heavy (non-hydrogen) atoms. The van der Waals surface area contributed by atoms with Crippen LogP contribution in [0.4, 0.5) is 11.6 Å². The second kappa shape index (κ2) is 42.3. The number of nitrogens with zero attached hydrogens (tertiary/aromatic N) is 12. The first kappa shape index (κ1) is 88.9. The van der Waals surface area contributed by atoms with E-state index in [9.17, 15) is 50.4 Å². The summed E-state index contributed by atoms with van der Waals surface area (Å²) in [5.41, 5.74) is 23.5. The molecule has 9 aromatic rings. The number of thiazole rings is 2. The summed E-state index contributed by atoms with van der Waals surface area (Å²) in [4.78, 5) is 81.2. The molecule has 0 spiro atoms. The second-order valence-electron chi connectivity index (χ2n) is 24.7. The Morgan fingerprint density at radius 1 is 0.642 bits per heavy atom. The van der Waals surface area contributed by atoms with E-state index in [0.29, 0.717) is 105 Å². The smallest absolute Gasteiger partial charge is 0.329 e. The van der Waals surface area contributed by atoms with Crippen molar-refractivity contribution in [1.29, 1.82) is 21.0 Å². The first-order chi connectivity index (χ1) is 50.7. The highest BCUT2D eigenvalue weighted by Gasteiger charge is 2.37. The van der Waals surface area contributed by atoms with Crippen molar-refractivity contribution in [3.05, 3.63) is 170 Å². The molecular weight excluding hydrogens is 1600 g/mol. The molecule has 25 nitrogen and oxygen atoms in total. The van der Waals surface area contributed by atoms with Gasteiger partial charge in [-0.1, -0.05) is 95.3 Å². The van der Waals surface area contributed by atoms with Crippen molar-refractivity contribution in [2.45, 2.75) is 104 Å². The van der Waals surface area contributed by atoms with Crippen LogP contribution in [0.3, 0.4) is 0 Å². The van der Waals surface area contributed by atoms with Crippen LogP contribution in [0.5, 0.6) is 11.5 Å². The number of aromatic nitrogens is 6. The minimum absolute atomic E-state index is 0. The third kappa shape index (κ3) is 22.6. The number of ether oxygens (including phenoxy) is 2. The van der Waals surface area contributed by atoms with Crippen molar-refractivity contribution in [3.63, 3.8) is 0 Å². The first-order valence-electron chi connectivity index (χ1n) is 33.4. The van der Waals surface area contributed by atoms with Gasteiger partial charge in [0.15, 0.2) is 0 Å². The summed E-state index contributed by atoms with van der Waals surface area (Å²) in [6.07, 6.45) is 7.36. The zero-order chi connectivity index (χ0) is 74.7. The Bertz CT molecular complexity index is 4740. The molecule has 11 rings (SSSR count). The second-order valence-corrected chi connectivity index (χ2v) is 29.2. The molecule has 35 heteroatoms. The number of anilines is 2. The van der Waals surface area contributed by atoms with Crippen molar-refractivity contribution in [2.75, 3.05) is 62.3 Å². The van der Waals surface area contributed by atoms with Crippen LogP contribution in [0.25, 0.3) is 43.4 Å². The lowest BCUT2D eigenvalue weighted by Crippen LogP contribution is -2.57. The summed E-state index contributed by atoms with van der Waals surface area (Å²) in [7, 11) is 0. The quantitative estimate of drug-likeness (QED) is 0.0206. The molecule has 4 atom stereocenters. The lowest BCUT2D eigenvalue weighted by molar-refractivity contribution is -0.150. The molecule has 5 aromatic heterocycles. The zero-order valence-electron chi connectivity index (χ0n) is 58.8. The van der Waals surface area contributed by atoms with Crippen molar-refractivity contribution in [3.8, 4) is 79.2 Å². The van der Waals surface area contributed by atoms with Gasteiger partial charge in [0.05, 0.1) is 59.8 Å². The van der Waals surface area contributed by atoms with E-state index >= 15 is 0 Å². The van der Waals surface area contributed by atoms with Crippen LogP contribution in [0.2, 0.25) is 10.0 Å². The molecule has 2 aliphatic rings. The normalized spacial score (nSPS) is 13.4. The molecule has 572 valence electrons. The van der Waals surface area contributed by atoms with E-state index < -0.39 is 47.4 Å². The average Bonchev–Trinajstić information content (AvgIpc) is 1.54. The van der Waals surface area contributed by atoms with Crippen LogP contribution in [0, 0.1) is 45.3 Å². The number of carbonyl (C=O) groups is 4. The average molecular weight is 1670 g/mol. The van der Waals surface area contributed by atoms with Crippen LogP contribution in [-0.4, -0.2) is 145 Å². The van der Waals surface area contributed by atoms with Gasteiger partial charge < -0.3 is 61.9 Å². The Hall–Kier alpha value is -8.99. The first-order valence-corrected chi connectivity index (χ1v) is 37.9. The molecule has 10 N–H and O–H groups in total. The van der Waals surface area contributed by atoms with Crippen LogP contribution >= 0.6 is 119 Å². The number of pyridine rings is 2. The van der Waals surface area contributed by atoms with Gasteiger partial charge in [-0.3, -0.25) is 9.59 Å². The molecule has 4 aromatic carbocycles. The van der Waals surface area contributed by atoms with E-state index in [0.717, 1.165) is 84.4 Å². The molecule has 2 aliphatic heterocycles. The van der Waals surface area contributed by atoms with Gasteiger partial charge in [-0.25, -0.2) is 34.5 Å². The molecule has 0 saturated carbocycles. The maximum absolute atomic E-state index is 13.2. The fourth-order valence-electron chi connectivity index (χ4n) is 11.6. The van der Waals surface area contributed by atoms with Crippen molar-refractivity contribution in [2.24, 2.45) is 17.2 Å². The van der Waals surface area contributed by atoms with Gasteiger partial charge in [-0.2, -0.15) is 21.0 Å². The number of rotatable bonds is 30. The maximum Gasteiger partial charge on any atom is 0.329 e. The van der Waals surface area contributed by atoms with Gasteiger partial charge in [0.1, 0.15) is 96.8 Å². The number of aromatic amines is 1. The molecule has 2 saturated heterocycles. The van der Waals surface area contributed by atoms with Gasteiger partial charge in [-0.15, -0.1) is 72.3 Å².